The molecule has 6 heteroatoms. The smallest absolute Gasteiger partial charge is 0.233 e. The molecule has 0 spiro atoms. The summed E-state index contributed by atoms with van der Waals surface area (Å²) >= 11 is 6.01. The number of anilines is 1. The van der Waals surface area contributed by atoms with Gasteiger partial charge >= 0.3 is 0 Å². The van der Waals surface area contributed by atoms with E-state index in [1.54, 1.807) is 6.07 Å². The number of carbonyl (C=O) groups is 1. The Balaban J connectivity index is 1.62. The third-order valence-electron chi connectivity index (χ3n) is 5.78. The Labute approximate surface area is 172 Å². The summed E-state index contributed by atoms with van der Waals surface area (Å²) in [5.41, 5.74) is 4.79. The van der Waals surface area contributed by atoms with E-state index >= 15 is 0 Å². The van der Waals surface area contributed by atoms with E-state index in [1.165, 1.54) is 12.1 Å². The largest absolute Gasteiger partial charge is 0.338 e. The number of carbonyl (C=O) groups excluding carboxylic acids is 1. The van der Waals surface area contributed by atoms with Gasteiger partial charge in [0.25, 0.3) is 0 Å². The SMILES string of the molecule is Cc1noc2c1[C@@H](c1cccc(F)c1)C1=C(C[C@@H](c3ccc(Cl)cc3)CC1=O)N2. The van der Waals surface area contributed by atoms with Crippen LogP contribution in [0.5, 0.6) is 0 Å². The normalized spacial score (nSPS) is 20.9. The third kappa shape index (κ3) is 3.06. The Hall–Kier alpha value is -2.92. The van der Waals surface area contributed by atoms with Crippen LogP contribution in [0.25, 0.3) is 0 Å². The van der Waals surface area contributed by atoms with Crippen LogP contribution in [0.2, 0.25) is 5.02 Å². The van der Waals surface area contributed by atoms with Gasteiger partial charge in [0.2, 0.25) is 5.88 Å². The molecule has 5 rings (SSSR count). The van der Waals surface area contributed by atoms with Gasteiger partial charge in [-0.15, -0.1) is 0 Å². The molecule has 3 aromatic rings. The summed E-state index contributed by atoms with van der Waals surface area (Å²) in [6, 6.07) is 14.0. The van der Waals surface area contributed by atoms with Gasteiger partial charge in [0.15, 0.2) is 5.78 Å². The number of ketones is 1. The van der Waals surface area contributed by atoms with Gasteiger partial charge in [0.1, 0.15) is 5.82 Å². The van der Waals surface area contributed by atoms with E-state index in [9.17, 15) is 9.18 Å². The third-order valence-corrected chi connectivity index (χ3v) is 6.03. The van der Waals surface area contributed by atoms with Crippen LogP contribution >= 0.6 is 11.6 Å². The molecule has 0 saturated carbocycles. The van der Waals surface area contributed by atoms with Gasteiger partial charge in [-0.25, -0.2) is 4.39 Å². The van der Waals surface area contributed by atoms with E-state index in [1.807, 2.05) is 37.3 Å². The number of nitrogens with one attached hydrogen (secondary N) is 1. The van der Waals surface area contributed by atoms with Crippen molar-refractivity contribution < 1.29 is 13.7 Å². The Morgan fingerprint density at radius 3 is 2.69 bits per heavy atom. The number of halogens is 2. The molecule has 0 fully saturated rings. The Kier molecular flexibility index (Phi) is 4.28. The molecule has 2 heterocycles. The number of rotatable bonds is 2. The zero-order valence-electron chi connectivity index (χ0n) is 15.7. The predicted octanol–water partition coefficient (Wildman–Crippen LogP) is 5.73. The molecule has 1 N–H and O–H groups in total. The summed E-state index contributed by atoms with van der Waals surface area (Å²) in [6.07, 6.45) is 1.06. The molecule has 1 aliphatic heterocycles. The zero-order chi connectivity index (χ0) is 20.1. The molecule has 1 aliphatic carbocycles. The molecular formula is C23H18ClFN2O2. The lowest BCUT2D eigenvalue weighted by atomic mass is 9.72. The van der Waals surface area contributed by atoms with Crippen molar-refractivity contribution in [2.75, 3.05) is 5.32 Å². The second kappa shape index (κ2) is 6.85. The van der Waals surface area contributed by atoms with Crippen LogP contribution in [0.4, 0.5) is 10.3 Å². The minimum Gasteiger partial charge on any atom is -0.338 e. The number of aromatic nitrogens is 1. The minimum atomic E-state index is -0.387. The summed E-state index contributed by atoms with van der Waals surface area (Å²) < 4.78 is 19.5. The molecule has 0 radical (unpaired) electrons. The highest BCUT2D eigenvalue weighted by Gasteiger charge is 2.41. The van der Waals surface area contributed by atoms with Gasteiger partial charge in [-0.05, 0) is 54.7 Å². The molecule has 0 saturated heterocycles. The lowest BCUT2D eigenvalue weighted by Gasteiger charge is -2.34. The molecule has 146 valence electrons. The number of aryl methyl sites for hydroxylation is 1. The van der Waals surface area contributed by atoms with Crippen LogP contribution in [0.15, 0.2) is 64.3 Å². The van der Waals surface area contributed by atoms with Gasteiger partial charge in [0, 0.05) is 28.6 Å². The van der Waals surface area contributed by atoms with E-state index < -0.39 is 0 Å². The first kappa shape index (κ1) is 18.1. The second-order valence-electron chi connectivity index (χ2n) is 7.60. The topological polar surface area (TPSA) is 55.1 Å². The summed E-state index contributed by atoms with van der Waals surface area (Å²) in [5, 5.41) is 8.03. The highest BCUT2D eigenvalue weighted by Crippen LogP contribution is 2.49. The fraction of sp³-hybridized carbons (Fsp3) is 0.217. The van der Waals surface area contributed by atoms with Crippen LogP contribution in [0.3, 0.4) is 0 Å². The number of benzene rings is 2. The van der Waals surface area contributed by atoms with Crippen molar-refractivity contribution in [1.82, 2.24) is 5.16 Å². The molecule has 0 bridgehead atoms. The lowest BCUT2D eigenvalue weighted by Crippen LogP contribution is -2.29. The zero-order valence-corrected chi connectivity index (χ0v) is 16.5. The molecule has 2 atom stereocenters. The number of allylic oxidation sites excluding steroid dienone is 2. The van der Waals surface area contributed by atoms with Crippen LogP contribution < -0.4 is 5.32 Å². The summed E-state index contributed by atoms with van der Waals surface area (Å²) in [6.45, 7) is 1.84. The number of hydrogen-bond acceptors (Lipinski definition) is 4. The highest BCUT2D eigenvalue weighted by atomic mass is 35.5. The van der Waals surface area contributed by atoms with E-state index in [0.717, 1.165) is 22.4 Å². The number of nitrogens with zero attached hydrogens (tertiary/aromatic N) is 1. The van der Waals surface area contributed by atoms with E-state index in [2.05, 4.69) is 10.5 Å². The molecule has 0 amide bonds. The molecule has 2 aliphatic rings. The Bertz CT molecular complexity index is 1150. The van der Waals surface area contributed by atoms with Crippen molar-refractivity contribution in [3.63, 3.8) is 0 Å². The van der Waals surface area contributed by atoms with Gasteiger partial charge in [0.05, 0.1) is 11.3 Å². The average Bonchev–Trinajstić information content (AvgIpc) is 3.07. The van der Waals surface area contributed by atoms with Crippen LogP contribution in [-0.4, -0.2) is 10.9 Å². The molecular weight excluding hydrogens is 391 g/mol. The van der Waals surface area contributed by atoms with Crippen LogP contribution in [-0.2, 0) is 4.79 Å². The van der Waals surface area contributed by atoms with E-state index in [-0.39, 0.29) is 23.4 Å². The summed E-state index contributed by atoms with van der Waals surface area (Å²) in [5.74, 6) is -0.0907. The molecule has 0 unspecified atom stereocenters. The Morgan fingerprint density at radius 1 is 1.14 bits per heavy atom. The van der Waals surface area contributed by atoms with Crippen molar-refractivity contribution in [1.29, 1.82) is 0 Å². The van der Waals surface area contributed by atoms with Crippen molar-refractivity contribution in [3.8, 4) is 0 Å². The van der Waals surface area contributed by atoms with Crippen molar-refractivity contribution in [3.05, 3.63) is 93.0 Å². The standard InChI is InChI=1S/C23H18ClFN2O2/c1-12-20-21(14-3-2-4-17(25)9-14)22-18(26-23(20)29-27-12)10-15(11-19(22)28)13-5-7-16(24)8-6-13/h2-9,15,21,26H,10-11H2,1H3/t15-,21-/m1/s1. The first-order chi connectivity index (χ1) is 14.0. The van der Waals surface area contributed by atoms with Gasteiger partial charge in [-0.3, -0.25) is 4.79 Å². The maximum atomic E-state index is 14.0. The maximum absolute atomic E-state index is 14.0. The first-order valence-electron chi connectivity index (χ1n) is 9.51. The molecule has 29 heavy (non-hydrogen) atoms. The number of Topliss-reactive ketones (excluding diaryl/α,β-unsaturated/α-hetero) is 1. The van der Waals surface area contributed by atoms with Crippen molar-refractivity contribution >= 4 is 23.3 Å². The van der Waals surface area contributed by atoms with Gasteiger partial charge in [-0.2, -0.15) is 0 Å². The predicted molar refractivity (Wildman–Crippen MR) is 109 cm³/mol. The van der Waals surface area contributed by atoms with E-state index in [0.29, 0.717) is 35.0 Å². The van der Waals surface area contributed by atoms with Crippen LogP contribution in [0, 0.1) is 12.7 Å². The van der Waals surface area contributed by atoms with E-state index in [4.69, 9.17) is 16.1 Å². The maximum Gasteiger partial charge on any atom is 0.233 e. The second-order valence-corrected chi connectivity index (χ2v) is 8.03. The monoisotopic (exact) mass is 408 g/mol. The molecule has 4 nitrogen and oxygen atoms in total. The average molecular weight is 409 g/mol. The first-order valence-corrected chi connectivity index (χ1v) is 9.89. The lowest BCUT2D eigenvalue weighted by molar-refractivity contribution is -0.116. The summed E-state index contributed by atoms with van der Waals surface area (Å²) in [7, 11) is 0. The minimum absolute atomic E-state index is 0.0461. The number of hydrogen-bond donors (Lipinski definition) is 1. The Morgan fingerprint density at radius 2 is 1.93 bits per heavy atom. The van der Waals surface area contributed by atoms with Crippen LogP contribution in [0.1, 0.15) is 47.1 Å². The fourth-order valence-corrected chi connectivity index (χ4v) is 4.59. The quantitative estimate of drug-likeness (QED) is 0.588. The van der Waals surface area contributed by atoms with Gasteiger partial charge in [-0.1, -0.05) is 41.0 Å². The van der Waals surface area contributed by atoms with Crippen molar-refractivity contribution in [2.24, 2.45) is 0 Å². The fourth-order valence-electron chi connectivity index (χ4n) is 4.46. The molecule has 1 aromatic heterocycles. The number of fused-ring (bicyclic) bond motifs is 1. The highest BCUT2D eigenvalue weighted by molar-refractivity contribution is 6.30. The van der Waals surface area contributed by atoms with Crippen molar-refractivity contribution in [2.45, 2.75) is 31.6 Å². The summed E-state index contributed by atoms with van der Waals surface area (Å²) in [4.78, 5) is 13.3. The van der Waals surface area contributed by atoms with Gasteiger partial charge < -0.3 is 9.84 Å². The molecule has 2 aromatic carbocycles.